The number of ether oxygens (including phenoxy) is 3. The van der Waals surface area contributed by atoms with E-state index in [1.165, 1.54) is 0 Å². The fourth-order valence-electron chi connectivity index (χ4n) is 1.30. The minimum absolute atomic E-state index is 0.531. The molecule has 0 aliphatic carbocycles. The van der Waals surface area contributed by atoms with E-state index < -0.39 is 0 Å². The minimum atomic E-state index is 0.531. The number of rotatable bonds is 8. The first kappa shape index (κ1) is 15.0. The molecule has 5 heteroatoms. The van der Waals surface area contributed by atoms with Gasteiger partial charge >= 0.3 is 0 Å². The summed E-state index contributed by atoms with van der Waals surface area (Å²) in [5.41, 5.74) is 0.532. The smallest absolute Gasteiger partial charge is 0.137 e. The van der Waals surface area contributed by atoms with Crippen LogP contribution in [0.25, 0.3) is 0 Å². The maximum atomic E-state index is 8.95. The normalized spacial score (nSPS) is 10.1. The van der Waals surface area contributed by atoms with Crippen LogP contribution in [0, 0.1) is 11.3 Å². The Hall–Kier alpha value is -1.09. The lowest BCUT2D eigenvalue weighted by molar-refractivity contribution is 0.0644. The third-order valence-corrected chi connectivity index (χ3v) is 2.68. The summed E-state index contributed by atoms with van der Waals surface area (Å²) >= 11 is 3.32. The van der Waals surface area contributed by atoms with E-state index in [0.717, 1.165) is 10.9 Å². The Labute approximate surface area is 116 Å². The van der Waals surface area contributed by atoms with Gasteiger partial charge in [-0.1, -0.05) is 15.9 Å². The first-order chi connectivity index (χ1) is 8.77. The highest BCUT2D eigenvalue weighted by Gasteiger charge is 2.03. The lowest BCUT2D eigenvalue weighted by atomic mass is 10.2. The second-order valence-corrected chi connectivity index (χ2v) is 4.48. The molecule has 1 aromatic carbocycles. The number of methoxy groups -OCH3 is 1. The van der Waals surface area contributed by atoms with Gasteiger partial charge in [-0.15, -0.1) is 0 Å². The van der Waals surface area contributed by atoms with Gasteiger partial charge in [0, 0.05) is 24.6 Å². The molecule has 0 amide bonds. The van der Waals surface area contributed by atoms with Crippen molar-refractivity contribution >= 4 is 15.9 Å². The zero-order valence-electron chi connectivity index (χ0n) is 10.3. The first-order valence-electron chi connectivity index (χ1n) is 5.67. The molecule has 0 aromatic heterocycles. The van der Waals surface area contributed by atoms with Crippen molar-refractivity contribution in [2.24, 2.45) is 0 Å². The molecule has 0 fully saturated rings. The van der Waals surface area contributed by atoms with Crippen molar-refractivity contribution < 1.29 is 14.2 Å². The molecule has 0 spiro atoms. The zero-order valence-corrected chi connectivity index (χ0v) is 11.9. The van der Waals surface area contributed by atoms with Crippen LogP contribution in [0.4, 0.5) is 0 Å². The maximum absolute atomic E-state index is 8.95. The Kier molecular flexibility index (Phi) is 7.42. The molecule has 0 atom stereocenters. The van der Waals surface area contributed by atoms with Gasteiger partial charge in [0.2, 0.25) is 0 Å². The predicted molar refractivity (Wildman–Crippen MR) is 71.7 cm³/mol. The van der Waals surface area contributed by atoms with Crippen molar-refractivity contribution in [1.82, 2.24) is 0 Å². The number of nitrogens with zero attached hydrogens (tertiary/aromatic N) is 1. The summed E-state index contributed by atoms with van der Waals surface area (Å²) < 4.78 is 16.6. The fourth-order valence-corrected chi connectivity index (χ4v) is 1.66. The molecule has 4 nitrogen and oxygen atoms in total. The van der Waals surface area contributed by atoms with Gasteiger partial charge in [-0.25, -0.2) is 0 Å². The van der Waals surface area contributed by atoms with Crippen LogP contribution in [0.5, 0.6) is 5.75 Å². The number of hydrogen-bond acceptors (Lipinski definition) is 4. The quantitative estimate of drug-likeness (QED) is 0.692. The molecule has 0 unspecified atom stereocenters. The SMILES string of the molecule is COCCOCCCOc1ccc(Br)cc1C#N. The number of benzene rings is 1. The molecule has 1 rings (SSSR count). The van der Waals surface area contributed by atoms with Crippen molar-refractivity contribution in [3.63, 3.8) is 0 Å². The standard InChI is InChI=1S/C13H16BrNO3/c1-16-7-8-17-5-2-6-18-13-4-3-12(14)9-11(13)10-15/h3-4,9H,2,5-8H2,1H3. The summed E-state index contributed by atoms with van der Waals surface area (Å²) in [6.45, 7) is 2.36. The third kappa shape index (κ3) is 5.50. The van der Waals surface area contributed by atoms with Crippen LogP contribution in [0.15, 0.2) is 22.7 Å². The first-order valence-corrected chi connectivity index (χ1v) is 6.46. The van der Waals surface area contributed by atoms with Gasteiger partial charge in [-0.05, 0) is 18.2 Å². The average molecular weight is 314 g/mol. The molecule has 0 aliphatic rings. The van der Waals surface area contributed by atoms with E-state index >= 15 is 0 Å². The van der Waals surface area contributed by atoms with Gasteiger partial charge in [0.15, 0.2) is 0 Å². The van der Waals surface area contributed by atoms with Crippen molar-refractivity contribution in [3.05, 3.63) is 28.2 Å². The van der Waals surface area contributed by atoms with Crippen LogP contribution >= 0.6 is 15.9 Å². The molecule has 98 valence electrons. The highest BCUT2D eigenvalue weighted by atomic mass is 79.9. The molecular weight excluding hydrogens is 298 g/mol. The molecule has 0 heterocycles. The predicted octanol–water partition coefficient (Wildman–Crippen LogP) is 2.75. The summed E-state index contributed by atoms with van der Waals surface area (Å²) in [5.74, 6) is 0.609. The van der Waals surface area contributed by atoms with Crippen molar-refractivity contribution in [2.45, 2.75) is 6.42 Å². The molecule has 0 bridgehead atoms. The monoisotopic (exact) mass is 313 g/mol. The van der Waals surface area contributed by atoms with Crippen LogP contribution in [0.2, 0.25) is 0 Å². The fraction of sp³-hybridized carbons (Fsp3) is 0.462. The summed E-state index contributed by atoms with van der Waals surface area (Å²) in [6, 6.07) is 7.48. The number of nitriles is 1. The van der Waals surface area contributed by atoms with Gasteiger partial charge in [0.25, 0.3) is 0 Å². The van der Waals surface area contributed by atoms with E-state index in [2.05, 4.69) is 22.0 Å². The highest BCUT2D eigenvalue weighted by Crippen LogP contribution is 2.22. The second kappa shape index (κ2) is 8.92. The summed E-state index contributed by atoms with van der Waals surface area (Å²) in [4.78, 5) is 0. The Morgan fingerprint density at radius 1 is 1.22 bits per heavy atom. The van der Waals surface area contributed by atoms with E-state index in [1.54, 1.807) is 19.2 Å². The molecular formula is C13H16BrNO3. The van der Waals surface area contributed by atoms with Gasteiger partial charge in [0.1, 0.15) is 11.8 Å². The molecule has 0 saturated heterocycles. The molecule has 18 heavy (non-hydrogen) atoms. The lowest BCUT2D eigenvalue weighted by Gasteiger charge is -2.08. The zero-order chi connectivity index (χ0) is 13.2. The lowest BCUT2D eigenvalue weighted by Crippen LogP contribution is -2.07. The maximum Gasteiger partial charge on any atom is 0.137 e. The summed E-state index contributed by atoms with van der Waals surface area (Å²) in [6.07, 6.45) is 0.782. The second-order valence-electron chi connectivity index (χ2n) is 3.56. The van der Waals surface area contributed by atoms with Crippen molar-refractivity contribution in [3.8, 4) is 11.8 Å². The van der Waals surface area contributed by atoms with Gasteiger partial charge in [0.05, 0.1) is 25.4 Å². The van der Waals surface area contributed by atoms with Gasteiger partial charge in [-0.3, -0.25) is 0 Å². The molecule has 0 radical (unpaired) electrons. The molecule has 0 saturated carbocycles. The van der Waals surface area contributed by atoms with E-state index in [4.69, 9.17) is 19.5 Å². The van der Waals surface area contributed by atoms with Crippen LogP contribution in [0.3, 0.4) is 0 Å². The minimum Gasteiger partial charge on any atom is -0.492 e. The Bertz CT molecular complexity index is 404. The van der Waals surface area contributed by atoms with Crippen LogP contribution < -0.4 is 4.74 Å². The van der Waals surface area contributed by atoms with Crippen molar-refractivity contribution in [2.75, 3.05) is 33.5 Å². The number of halogens is 1. The largest absolute Gasteiger partial charge is 0.492 e. The summed E-state index contributed by atoms with van der Waals surface area (Å²) in [7, 11) is 1.64. The van der Waals surface area contributed by atoms with E-state index in [0.29, 0.717) is 37.7 Å². The molecule has 1 aromatic rings. The van der Waals surface area contributed by atoms with E-state index in [9.17, 15) is 0 Å². The Balaban J connectivity index is 2.25. The van der Waals surface area contributed by atoms with Crippen LogP contribution in [-0.2, 0) is 9.47 Å². The average Bonchev–Trinajstić information content (AvgIpc) is 2.39. The highest BCUT2D eigenvalue weighted by molar-refractivity contribution is 9.10. The molecule has 0 N–H and O–H groups in total. The van der Waals surface area contributed by atoms with E-state index in [1.807, 2.05) is 6.07 Å². The Morgan fingerprint density at radius 3 is 2.78 bits per heavy atom. The summed E-state index contributed by atoms with van der Waals surface area (Å²) in [5, 5.41) is 8.95. The van der Waals surface area contributed by atoms with Gasteiger partial charge in [-0.2, -0.15) is 5.26 Å². The van der Waals surface area contributed by atoms with E-state index in [-0.39, 0.29) is 0 Å². The topological polar surface area (TPSA) is 51.5 Å². The van der Waals surface area contributed by atoms with Crippen LogP contribution in [-0.4, -0.2) is 33.5 Å². The van der Waals surface area contributed by atoms with Gasteiger partial charge < -0.3 is 14.2 Å². The third-order valence-electron chi connectivity index (χ3n) is 2.18. The van der Waals surface area contributed by atoms with Crippen LogP contribution in [0.1, 0.15) is 12.0 Å². The van der Waals surface area contributed by atoms with Crippen molar-refractivity contribution in [1.29, 1.82) is 5.26 Å². The number of hydrogen-bond donors (Lipinski definition) is 0. The molecule has 0 aliphatic heterocycles. The Morgan fingerprint density at radius 2 is 2.06 bits per heavy atom.